The van der Waals surface area contributed by atoms with Crippen LogP contribution in [0, 0.1) is 11.6 Å². The zero-order valence-electron chi connectivity index (χ0n) is 11.4. The van der Waals surface area contributed by atoms with Crippen LogP contribution in [-0.4, -0.2) is 15.9 Å². The molecule has 23 heavy (non-hydrogen) atoms. The molecule has 0 atom stereocenters. The number of benzene rings is 2. The van der Waals surface area contributed by atoms with E-state index in [2.05, 4.69) is 15.3 Å². The number of hydrogen-bond acceptors (Lipinski definition) is 3. The lowest BCUT2D eigenvalue weighted by atomic mass is 10.1. The van der Waals surface area contributed by atoms with Crippen LogP contribution in [0.2, 0.25) is 5.02 Å². The van der Waals surface area contributed by atoms with Gasteiger partial charge < -0.3 is 10.3 Å². The molecule has 116 valence electrons. The summed E-state index contributed by atoms with van der Waals surface area (Å²) in [4.78, 5) is 29.9. The van der Waals surface area contributed by atoms with Crippen LogP contribution in [0.4, 0.5) is 14.5 Å². The molecule has 0 radical (unpaired) electrons. The molecule has 0 aliphatic rings. The monoisotopic (exact) mass is 335 g/mol. The van der Waals surface area contributed by atoms with Crippen LogP contribution < -0.4 is 10.9 Å². The summed E-state index contributed by atoms with van der Waals surface area (Å²) in [6.07, 6.45) is 1.14. The molecule has 0 unspecified atom stereocenters. The van der Waals surface area contributed by atoms with Gasteiger partial charge in [0.15, 0.2) is 5.82 Å². The Morgan fingerprint density at radius 2 is 2.04 bits per heavy atom. The molecule has 3 rings (SSSR count). The van der Waals surface area contributed by atoms with Crippen molar-refractivity contribution in [3.8, 4) is 0 Å². The third-order valence-corrected chi connectivity index (χ3v) is 3.47. The van der Waals surface area contributed by atoms with Crippen LogP contribution in [0.25, 0.3) is 10.9 Å². The van der Waals surface area contributed by atoms with E-state index in [-0.39, 0.29) is 27.2 Å². The Hall–Kier alpha value is -2.80. The number of amides is 1. The summed E-state index contributed by atoms with van der Waals surface area (Å²) in [5.41, 5.74) is -0.949. The number of halogens is 3. The van der Waals surface area contributed by atoms with Gasteiger partial charge in [-0.1, -0.05) is 17.7 Å². The number of fused-ring (bicyclic) bond motifs is 1. The Labute approximate surface area is 132 Å². The molecule has 2 aromatic carbocycles. The first-order valence-corrected chi connectivity index (χ1v) is 6.77. The minimum Gasteiger partial charge on any atom is -0.319 e. The molecule has 2 N–H and O–H groups in total. The van der Waals surface area contributed by atoms with Crippen molar-refractivity contribution in [1.29, 1.82) is 0 Å². The zero-order chi connectivity index (χ0) is 16.6. The van der Waals surface area contributed by atoms with Gasteiger partial charge in [0.25, 0.3) is 11.5 Å². The van der Waals surface area contributed by atoms with Crippen molar-refractivity contribution in [3.63, 3.8) is 0 Å². The molecule has 0 fully saturated rings. The van der Waals surface area contributed by atoms with Gasteiger partial charge in [0.2, 0.25) is 0 Å². The summed E-state index contributed by atoms with van der Waals surface area (Å²) >= 11 is 5.61. The normalized spacial score (nSPS) is 10.7. The highest BCUT2D eigenvalue weighted by atomic mass is 35.5. The predicted molar refractivity (Wildman–Crippen MR) is 81.7 cm³/mol. The smallest absolute Gasteiger partial charge is 0.258 e. The number of nitrogens with one attached hydrogen (secondary N) is 2. The average Bonchev–Trinajstić information content (AvgIpc) is 2.51. The quantitative estimate of drug-likeness (QED) is 0.755. The maximum absolute atomic E-state index is 14.0. The molecule has 1 amide bonds. The van der Waals surface area contributed by atoms with Crippen molar-refractivity contribution < 1.29 is 13.6 Å². The fourth-order valence-electron chi connectivity index (χ4n) is 2.05. The van der Waals surface area contributed by atoms with Gasteiger partial charge >= 0.3 is 0 Å². The van der Waals surface area contributed by atoms with Gasteiger partial charge in [-0.2, -0.15) is 0 Å². The third-order valence-electron chi connectivity index (χ3n) is 3.17. The number of carbonyl (C=O) groups is 1. The second-order valence-electron chi connectivity index (χ2n) is 4.64. The summed E-state index contributed by atoms with van der Waals surface area (Å²) in [5, 5.41) is 2.09. The molecule has 0 aliphatic carbocycles. The van der Waals surface area contributed by atoms with Crippen LogP contribution in [0.15, 0.2) is 41.5 Å². The zero-order valence-corrected chi connectivity index (χ0v) is 12.1. The highest BCUT2D eigenvalue weighted by Gasteiger charge is 2.16. The van der Waals surface area contributed by atoms with E-state index in [0.29, 0.717) is 0 Å². The molecule has 3 aromatic rings. The van der Waals surface area contributed by atoms with E-state index < -0.39 is 23.1 Å². The van der Waals surface area contributed by atoms with E-state index in [1.165, 1.54) is 18.2 Å². The van der Waals surface area contributed by atoms with E-state index in [9.17, 15) is 18.4 Å². The highest BCUT2D eigenvalue weighted by molar-refractivity contribution is 6.31. The van der Waals surface area contributed by atoms with Crippen molar-refractivity contribution in [2.75, 3.05) is 5.32 Å². The van der Waals surface area contributed by atoms with Crippen molar-refractivity contribution in [2.24, 2.45) is 0 Å². The van der Waals surface area contributed by atoms with Crippen molar-refractivity contribution in [2.45, 2.75) is 0 Å². The Morgan fingerprint density at radius 3 is 2.83 bits per heavy atom. The Kier molecular flexibility index (Phi) is 3.79. The largest absolute Gasteiger partial charge is 0.319 e. The number of hydrogen-bond donors (Lipinski definition) is 2. The number of aromatic amines is 1. The van der Waals surface area contributed by atoms with Gasteiger partial charge in [0, 0.05) is 6.07 Å². The van der Waals surface area contributed by atoms with Gasteiger partial charge in [-0.05, 0) is 18.2 Å². The predicted octanol–water partition coefficient (Wildman–Crippen LogP) is 3.11. The Morgan fingerprint density at radius 1 is 1.26 bits per heavy atom. The molecule has 8 heteroatoms. The molecule has 5 nitrogen and oxygen atoms in total. The molecule has 0 bridgehead atoms. The summed E-state index contributed by atoms with van der Waals surface area (Å²) in [5.74, 6) is -2.60. The van der Waals surface area contributed by atoms with Crippen molar-refractivity contribution in [3.05, 3.63) is 69.2 Å². The second kappa shape index (κ2) is 5.77. The van der Waals surface area contributed by atoms with Crippen molar-refractivity contribution >= 4 is 34.1 Å². The average molecular weight is 336 g/mol. The molecular formula is C15H8ClF2N3O2. The second-order valence-corrected chi connectivity index (χ2v) is 5.04. The van der Waals surface area contributed by atoms with Crippen LogP contribution >= 0.6 is 11.6 Å². The van der Waals surface area contributed by atoms with E-state index in [0.717, 1.165) is 18.5 Å². The van der Waals surface area contributed by atoms with Gasteiger partial charge in [-0.15, -0.1) is 0 Å². The van der Waals surface area contributed by atoms with Crippen LogP contribution in [0.3, 0.4) is 0 Å². The van der Waals surface area contributed by atoms with E-state index in [1.54, 1.807) is 0 Å². The lowest BCUT2D eigenvalue weighted by Gasteiger charge is -2.08. The summed E-state index contributed by atoms with van der Waals surface area (Å²) < 4.78 is 27.8. The van der Waals surface area contributed by atoms with Crippen molar-refractivity contribution in [1.82, 2.24) is 9.97 Å². The Bertz CT molecular complexity index is 988. The molecular weight excluding hydrogens is 328 g/mol. The van der Waals surface area contributed by atoms with E-state index >= 15 is 0 Å². The molecule has 0 saturated heterocycles. The first-order valence-electron chi connectivity index (χ1n) is 6.39. The summed E-state index contributed by atoms with van der Waals surface area (Å²) in [6.45, 7) is 0. The van der Waals surface area contributed by atoms with Crippen LogP contribution in [-0.2, 0) is 0 Å². The number of anilines is 1. The fourth-order valence-corrected chi connectivity index (χ4v) is 2.23. The number of carbonyl (C=O) groups excluding carboxylic acids is 1. The third kappa shape index (κ3) is 2.78. The van der Waals surface area contributed by atoms with E-state index in [4.69, 9.17) is 11.6 Å². The first-order chi connectivity index (χ1) is 11.0. The maximum atomic E-state index is 14.0. The van der Waals surface area contributed by atoms with E-state index in [1.807, 2.05) is 0 Å². The maximum Gasteiger partial charge on any atom is 0.258 e. The lowest BCUT2D eigenvalue weighted by Crippen LogP contribution is -2.16. The SMILES string of the molecule is O=C(Nc1cc2c(=O)[nH]cnc2cc1F)c1cccc(Cl)c1F. The molecule has 0 saturated carbocycles. The molecule has 1 aromatic heterocycles. The van der Waals surface area contributed by atoms with Crippen LogP contribution in [0.1, 0.15) is 10.4 Å². The van der Waals surface area contributed by atoms with Crippen LogP contribution in [0.5, 0.6) is 0 Å². The summed E-state index contributed by atoms with van der Waals surface area (Å²) in [7, 11) is 0. The topological polar surface area (TPSA) is 74.8 Å². The van der Waals surface area contributed by atoms with Gasteiger partial charge in [-0.3, -0.25) is 9.59 Å². The van der Waals surface area contributed by atoms with Gasteiger partial charge in [-0.25, -0.2) is 13.8 Å². The Balaban J connectivity index is 2.03. The number of nitrogens with zero attached hydrogens (tertiary/aromatic N) is 1. The molecule has 0 aliphatic heterocycles. The fraction of sp³-hybridized carbons (Fsp3) is 0. The number of rotatable bonds is 2. The first kappa shape index (κ1) is 15.1. The number of aromatic nitrogens is 2. The lowest BCUT2D eigenvalue weighted by molar-refractivity contribution is 0.102. The van der Waals surface area contributed by atoms with Gasteiger partial charge in [0.1, 0.15) is 5.82 Å². The number of H-pyrrole nitrogens is 1. The highest BCUT2D eigenvalue weighted by Crippen LogP contribution is 2.22. The molecule has 0 spiro atoms. The summed E-state index contributed by atoms with van der Waals surface area (Å²) in [6, 6.07) is 6.04. The standard InChI is InChI=1S/C15H8ClF2N3O2/c16-9-3-1-2-7(13(9)18)15(23)21-12-4-8-11(5-10(12)17)19-6-20-14(8)22/h1-6H,(H,21,23)(H,19,20,22). The molecule has 1 heterocycles. The minimum absolute atomic E-state index is 0.0933. The minimum atomic E-state index is -0.910. The van der Waals surface area contributed by atoms with Gasteiger partial charge in [0.05, 0.1) is 33.5 Å².